The predicted octanol–water partition coefficient (Wildman–Crippen LogP) is 3.38. The van der Waals surface area contributed by atoms with Crippen LogP contribution in [0.25, 0.3) is 11.0 Å². The zero-order valence-electron chi connectivity index (χ0n) is 11.4. The van der Waals surface area contributed by atoms with Crippen LogP contribution in [0, 0.1) is 6.92 Å². The summed E-state index contributed by atoms with van der Waals surface area (Å²) < 4.78 is 5.23. The van der Waals surface area contributed by atoms with E-state index in [0.717, 1.165) is 29.6 Å². The first-order valence-electron chi connectivity index (χ1n) is 6.51. The second-order valence-electron chi connectivity index (χ2n) is 4.74. The summed E-state index contributed by atoms with van der Waals surface area (Å²) in [5.41, 5.74) is 2.38. The number of rotatable bonds is 6. The Morgan fingerprint density at radius 1 is 1.15 bits per heavy atom. The van der Waals surface area contributed by atoms with Crippen LogP contribution in [0.15, 0.2) is 33.5 Å². The third-order valence-electron chi connectivity index (χ3n) is 3.18. The van der Waals surface area contributed by atoms with Gasteiger partial charge in [0.25, 0.3) is 0 Å². The van der Waals surface area contributed by atoms with Gasteiger partial charge in [-0.3, -0.25) is 4.90 Å². The van der Waals surface area contributed by atoms with E-state index in [0.29, 0.717) is 23.9 Å². The molecular weight excluding hydrogens is 297 g/mol. The fourth-order valence-corrected chi connectivity index (χ4v) is 2.70. The lowest BCUT2D eigenvalue weighted by Crippen LogP contribution is -2.28. The van der Waals surface area contributed by atoms with Crippen molar-refractivity contribution in [3.8, 4) is 0 Å². The van der Waals surface area contributed by atoms with Gasteiger partial charge in [0.15, 0.2) is 0 Å². The van der Waals surface area contributed by atoms with E-state index in [1.54, 1.807) is 6.07 Å². The van der Waals surface area contributed by atoms with Crippen molar-refractivity contribution < 1.29 is 4.42 Å². The maximum Gasteiger partial charge on any atom is 0.336 e. The molecule has 0 spiro atoms. The van der Waals surface area contributed by atoms with Crippen LogP contribution in [0.5, 0.6) is 0 Å². The minimum absolute atomic E-state index is 0.326. The fourth-order valence-electron chi connectivity index (χ4n) is 2.22. The maximum atomic E-state index is 11.6. The first kappa shape index (κ1) is 15.4. The molecule has 1 aromatic heterocycles. The summed E-state index contributed by atoms with van der Waals surface area (Å²) in [6.07, 6.45) is 0. The largest absolute Gasteiger partial charge is 0.423 e. The minimum atomic E-state index is -0.326. The highest BCUT2D eigenvalue weighted by Gasteiger charge is 2.10. The molecule has 0 fully saturated rings. The van der Waals surface area contributed by atoms with Gasteiger partial charge in [-0.2, -0.15) is 0 Å². The Bertz CT molecular complexity index is 633. The van der Waals surface area contributed by atoms with Gasteiger partial charge in [0.05, 0.1) is 0 Å². The van der Waals surface area contributed by atoms with E-state index in [1.165, 1.54) is 0 Å². The molecule has 2 aromatic rings. The summed E-state index contributed by atoms with van der Waals surface area (Å²) in [4.78, 5) is 13.8. The molecule has 0 aliphatic rings. The predicted molar refractivity (Wildman–Crippen MR) is 83.9 cm³/mol. The van der Waals surface area contributed by atoms with Crippen molar-refractivity contribution in [1.29, 1.82) is 0 Å². The normalized spacial score (nSPS) is 11.4. The Balaban J connectivity index is 2.41. The maximum absolute atomic E-state index is 11.6. The van der Waals surface area contributed by atoms with Crippen molar-refractivity contribution in [2.24, 2.45) is 0 Å². The summed E-state index contributed by atoms with van der Waals surface area (Å²) in [6.45, 7) is 4.14. The van der Waals surface area contributed by atoms with Crippen LogP contribution in [0.4, 0.5) is 0 Å². The summed E-state index contributed by atoms with van der Waals surface area (Å²) in [5.74, 6) is 1.07. The molecule has 1 heterocycles. The van der Waals surface area contributed by atoms with Crippen molar-refractivity contribution in [2.75, 3.05) is 24.8 Å². The standard InChI is InChI=1S/C15H17Cl2NO2/c1-11-2-3-14-13(8-11)12(9-15(19)20-14)10-18(6-4-16)7-5-17/h2-3,8-9H,4-7,10H2,1H3. The highest BCUT2D eigenvalue weighted by molar-refractivity contribution is 6.18. The first-order valence-corrected chi connectivity index (χ1v) is 7.58. The van der Waals surface area contributed by atoms with Crippen LogP contribution in [0.3, 0.4) is 0 Å². The van der Waals surface area contributed by atoms with Gasteiger partial charge in [0.1, 0.15) is 5.58 Å². The van der Waals surface area contributed by atoms with Gasteiger partial charge in [-0.15, -0.1) is 23.2 Å². The third kappa shape index (κ3) is 3.75. The molecule has 0 N–H and O–H groups in total. The monoisotopic (exact) mass is 313 g/mol. The number of hydrogen-bond donors (Lipinski definition) is 0. The van der Waals surface area contributed by atoms with Crippen LogP contribution < -0.4 is 5.63 Å². The van der Waals surface area contributed by atoms with Gasteiger partial charge < -0.3 is 4.42 Å². The van der Waals surface area contributed by atoms with Gasteiger partial charge in [-0.05, 0) is 24.6 Å². The molecule has 0 saturated heterocycles. The number of hydrogen-bond acceptors (Lipinski definition) is 3. The van der Waals surface area contributed by atoms with Crippen LogP contribution in [-0.2, 0) is 6.54 Å². The van der Waals surface area contributed by atoms with E-state index >= 15 is 0 Å². The number of nitrogens with zero attached hydrogens (tertiary/aromatic N) is 1. The minimum Gasteiger partial charge on any atom is -0.423 e. The van der Waals surface area contributed by atoms with Gasteiger partial charge >= 0.3 is 5.63 Å². The summed E-state index contributed by atoms with van der Waals surface area (Å²) >= 11 is 11.6. The molecule has 20 heavy (non-hydrogen) atoms. The molecule has 0 saturated carbocycles. The number of benzene rings is 1. The Kier molecular flexibility index (Phi) is 5.46. The fraction of sp³-hybridized carbons (Fsp3) is 0.400. The second kappa shape index (κ2) is 7.11. The van der Waals surface area contributed by atoms with Crippen molar-refractivity contribution in [3.63, 3.8) is 0 Å². The van der Waals surface area contributed by atoms with E-state index < -0.39 is 0 Å². The summed E-state index contributed by atoms with van der Waals surface area (Å²) in [6, 6.07) is 7.36. The Labute approximate surface area is 128 Å². The smallest absolute Gasteiger partial charge is 0.336 e. The lowest BCUT2D eigenvalue weighted by atomic mass is 10.1. The molecule has 1 aromatic carbocycles. The number of halogens is 2. The number of alkyl halides is 2. The zero-order valence-corrected chi connectivity index (χ0v) is 12.9. The average Bonchev–Trinajstić information content (AvgIpc) is 2.40. The summed E-state index contributed by atoms with van der Waals surface area (Å²) in [7, 11) is 0. The lowest BCUT2D eigenvalue weighted by Gasteiger charge is -2.20. The zero-order chi connectivity index (χ0) is 14.5. The Hall–Kier alpha value is -1.03. The highest BCUT2D eigenvalue weighted by Crippen LogP contribution is 2.20. The van der Waals surface area contributed by atoms with Crippen molar-refractivity contribution >= 4 is 34.2 Å². The molecule has 0 radical (unpaired) electrons. The molecule has 0 atom stereocenters. The van der Waals surface area contributed by atoms with Gasteiger partial charge in [0, 0.05) is 42.8 Å². The second-order valence-corrected chi connectivity index (χ2v) is 5.50. The molecule has 3 nitrogen and oxygen atoms in total. The van der Waals surface area contributed by atoms with E-state index in [1.807, 2.05) is 25.1 Å². The lowest BCUT2D eigenvalue weighted by molar-refractivity contribution is 0.300. The molecular formula is C15H17Cl2NO2. The average molecular weight is 314 g/mol. The van der Waals surface area contributed by atoms with Gasteiger partial charge in [-0.1, -0.05) is 11.6 Å². The van der Waals surface area contributed by atoms with Gasteiger partial charge in [0.2, 0.25) is 0 Å². The topological polar surface area (TPSA) is 33.5 Å². The molecule has 0 bridgehead atoms. The Morgan fingerprint density at radius 2 is 1.85 bits per heavy atom. The van der Waals surface area contributed by atoms with Crippen LogP contribution in [0.1, 0.15) is 11.1 Å². The Morgan fingerprint density at radius 3 is 2.50 bits per heavy atom. The molecule has 0 aliphatic carbocycles. The van der Waals surface area contributed by atoms with E-state index in [4.69, 9.17) is 27.6 Å². The molecule has 108 valence electrons. The number of fused-ring (bicyclic) bond motifs is 1. The van der Waals surface area contributed by atoms with Crippen LogP contribution in [0.2, 0.25) is 0 Å². The molecule has 0 amide bonds. The third-order valence-corrected chi connectivity index (χ3v) is 3.52. The van der Waals surface area contributed by atoms with E-state index in [-0.39, 0.29) is 5.63 Å². The van der Waals surface area contributed by atoms with E-state index in [2.05, 4.69) is 4.90 Å². The quantitative estimate of drug-likeness (QED) is 0.605. The molecule has 0 unspecified atom stereocenters. The summed E-state index contributed by atoms with van der Waals surface area (Å²) in [5, 5.41) is 0.971. The van der Waals surface area contributed by atoms with Crippen molar-refractivity contribution in [2.45, 2.75) is 13.5 Å². The van der Waals surface area contributed by atoms with Crippen molar-refractivity contribution in [3.05, 3.63) is 45.8 Å². The molecule has 2 rings (SSSR count). The molecule has 0 aliphatic heterocycles. The SMILES string of the molecule is Cc1ccc2oc(=O)cc(CN(CCCl)CCCl)c2c1. The van der Waals surface area contributed by atoms with Gasteiger partial charge in [-0.25, -0.2) is 4.79 Å². The van der Waals surface area contributed by atoms with Crippen molar-refractivity contribution in [1.82, 2.24) is 4.90 Å². The highest BCUT2D eigenvalue weighted by atomic mass is 35.5. The number of aryl methyl sites for hydroxylation is 1. The first-order chi connectivity index (χ1) is 9.63. The van der Waals surface area contributed by atoms with Crippen LogP contribution in [-0.4, -0.2) is 29.7 Å². The van der Waals surface area contributed by atoms with E-state index in [9.17, 15) is 4.79 Å². The molecule has 5 heteroatoms. The van der Waals surface area contributed by atoms with Crippen LogP contribution >= 0.6 is 23.2 Å².